The van der Waals surface area contributed by atoms with E-state index in [2.05, 4.69) is 0 Å². The van der Waals surface area contributed by atoms with Crippen molar-refractivity contribution >= 4 is 11.7 Å². The molecule has 0 aromatic heterocycles. The number of nitrogens with zero attached hydrogens (tertiary/aromatic N) is 1. The molecule has 0 atom stereocenters. The topological polar surface area (TPSA) is 87.9 Å². The zero-order chi connectivity index (χ0) is 17.8. The van der Waals surface area contributed by atoms with Crippen molar-refractivity contribution in [3.63, 3.8) is 0 Å². The molecule has 1 aliphatic rings. The molecular weight excluding hydrogens is 333 g/mol. The second kappa shape index (κ2) is 7.37. The first-order valence-electron chi connectivity index (χ1n) is 7.54. The number of hydrogen-bond acceptors (Lipinski definition) is 6. The van der Waals surface area contributed by atoms with Crippen LogP contribution in [0.1, 0.15) is 28.6 Å². The second-order valence-corrected chi connectivity index (χ2v) is 5.31. The van der Waals surface area contributed by atoms with Gasteiger partial charge in [-0.15, -0.1) is 0 Å². The number of hydrogen-bond donors (Lipinski definition) is 0. The fourth-order valence-electron chi connectivity index (χ4n) is 2.33. The fourth-order valence-corrected chi connectivity index (χ4v) is 2.33. The lowest BCUT2D eigenvalue weighted by molar-refractivity contribution is -0.385. The molecule has 25 heavy (non-hydrogen) atoms. The lowest BCUT2D eigenvalue weighted by atomic mass is 10.1. The van der Waals surface area contributed by atoms with Crippen LogP contribution in [0.2, 0.25) is 0 Å². The van der Waals surface area contributed by atoms with E-state index < -0.39 is 23.0 Å². The quantitative estimate of drug-likeness (QED) is 0.365. The number of nitro groups is 1. The van der Waals surface area contributed by atoms with E-state index in [1.54, 1.807) is 0 Å². The molecule has 0 aliphatic carbocycles. The van der Waals surface area contributed by atoms with Crippen molar-refractivity contribution in [3.8, 4) is 5.75 Å². The van der Waals surface area contributed by atoms with Gasteiger partial charge in [0, 0.05) is 11.6 Å². The summed E-state index contributed by atoms with van der Waals surface area (Å²) in [4.78, 5) is 22.7. The minimum Gasteiger partial charge on any atom is -0.416 e. The van der Waals surface area contributed by atoms with Crippen LogP contribution in [0.4, 0.5) is 10.1 Å². The number of nitro benzene ring substituents is 1. The van der Waals surface area contributed by atoms with Crippen molar-refractivity contribution in [1.29, 1.82) is 0 Å². The van der Waals surface area contributed by atoms with Crippen LogP contribution in [0.15, 0.2) is 42.5 Å². The Morgan fingerprint density at radius 3 is 2.48 bits per heavy atom. The zero-order valence-electron chi connectivity index (χ0n) is 13.0. The Labute approximate surface area is 142 Å². The summed E-state index contributed by atoms with van der Waals surface area (Å²) in [5.74, 6) is -1.53. The van der Waals surface area contributed by atoms with Gasteiger partial charge in [0.1, 0.15) is 5.82 Å². The Morgan fingerprint density at radius 2 is 1.84 bits per heavy atom. The van der Waals surface area contributed by atoms with Gasteiger partial charge in [-0.3, -0.25) is 10.1 Å². The van der Waals surface area contributed by atoms with E-state index in [-0.39, 0.29) is 17.0 Å². The van der Waals surface area contributed by atoms with E-state index in [9.17, 15) is 19.3 Å². The molecule has 3 rings (SSSR count). The van der Waals surface area contributed by atoms with E-state index in [0.29, 0.717) is 18.8 Å². The highest BCUT2D eigenvalue weighted by atomic mass is 19.1. The minimum atomic E-state index is -0.819. The summed E-state index contributed by atoms with van der Waals surface area (Å²) in [6.07, 6.45) is 0.0701. The Hall–Kier alpha value is -2.84. The molecule has 2 aromatic carbocycles. The van der Waals surface area contributed by atoms with Gasteiger partial charge in [-0.05, 0) is 42.8 Å². The average Bonchev–Trinajstić information content (AvgIpc) is 2.63. The maximum atomic E-state index is 12.9. The maximum Gasteiger partial charge on any atom is 0.343 e. The lowest BCUT2D eigenvalue weighted by Gasteiger charge is -2.23. The monoisotopic (exact) mass is 347 g/mol. The third-order valence-corrected chi connectivity index (χ3v) is 3.56. The third-order valence-electron chi connectivity index (χ3n) is 3.56. The first-order valence-corrected chi connectivity index (χ1v) is 7.54. The molecule has 8 heteroatoms. The maximum absolute atomic E-state index is 12.9. The number of carbonyl (C=O) groups excluding carboxylic acids is 1. The van der Waals surface area contributed by atoms with Gasteiger partial charge in [0.15, 0.2) is 6.29 Å². The van der Waals surface area contributed by atoms with E-state index in [1.807, 2.05) is 0 Å². The Kier molecular flexibility index (Phi) is 5.01. The molecule has 0 amide bonds. The summed E-state index contributed by atoms with van der Waals surface area (Å²) in [5, 5.41) is 11.3. The van der Waals surface area contributed by atoms with Gasteiger partial charge in [0.25, 0.3) is 0 Å². The highest BCUT2D eigenvalue weighted by Crippen LogP contribution is 2.33. The minimum absolute atomic E-state index is 0.0821. The third kappa shape index (κ3) is 3.98. The van der Waals surface area contributed by atoms with Crippen molar-refractivity contribution in [2.75, 3.05) is 13.2 Å². The van der Waals surface area contributed by atoms with Gasteiger partial charge in [-0.2, -0.15) is 0 Å². The number of esters is 1. The van der Waals surface area contributed by atoms with Crippen molar-refractivity contribution in [2.45, 2.75) is 12.7 Å². The van der Waals surface area contributed by atoms with Gasteiger partial charge in [-0.1, -0.05) is 0 Å². The van der Waals surface area contributed by atoms with Crippen LogP contribution in [0.5, 0.6) is 5.75 Å². The smallest absolute Gasteiger partial charge is 0.343 e. The average molecular weight is 347 g/mol. The predicted octanol–water partition coefficient (Wildman–Crippen LogP) is 3.39. The molecule has 1 fully saturated rings. The summed E-state index contributed by atoms with van der Waals surface area (Å²) in [5.41, 5.74) is 0.164. The Balaban J connectivity index is 1.83. The molecule has 0 saturated carbocycles. The predicted molar refractivity (Wildman–Crippen MR) is 83.7 cm³/mol. The highest BCUT2D eigenvalue weighted by Gasteiger charge is 2.24. The fraction of sp³-hybridized carbons (Fsp3) is 0.235. The largest absolute Gasteiger partial charge is 0.416 e. The first-order chi connectivity index (χ1) is 12.0. The van der Waals surface area contributed by atoms with Gasteiger partial charge < -0.3 is 14.2 Å². The SMILES string of the molecule is O=C(Oc1ccc(C2OCCCO2)cc1[N+](=O)[O-])c1ccc(F)cc1. The summed E-state index contributed by atoms with van der Waals surface area (Å²) in [6.45, 7) is 1.000. The van der Waals surface area contributed by atoms with Crippen molar-refractivity contribution in [3.05, 3.63) is 69.5 Å². The molecule has 1 aliphatic heterocycles. The molecule has 0 spiro atoms. The number of ether oxygens (including phenoxy) is 3. The molecule has 2 aromatic rings. The number of halogens is 1. The van der Waals surface area contributed by atoms with Crippen LogP contribution in [0.3, 0.4) is 0 Å². The van der Waals surface area contributed by atoms with Crippen LogP contribution < -0.4 is 4.74 Å². The first kappa shape index (κ1) is 17.0. The molecule has 130 valence electrons. The van der Waals surface area contributed by atoms with Crippen molar-refractivity contribution in [2.24, 2.45) is 0 Å². The molecule has 1 heterocycles. The van der Waals surface area contributed by atoms with Crippen LogP contribution >= 0.6 is 0 Å². The van der Waals surface area contributed by atoms with Crippen LogP contribution in [-0.4, -0.2) is 24.1 Å². The van der Waals surface area contributed by atoms with E-state index in [4.69, 9.17) is 14.2 Å². The van der Waals surface area contributed by atoms with Gasteiger partial charge >= 0.3 is 11.7 Å². The molecule has 0 N–H and O–H groups in total. The van der Waals surface area contributed by atoms with E-state index in [1.165, 1.54) is 30.3 Å². The molecule has 0 unspecified atom stereocenters. The van der Waals surface area contributed by atoms with Crippen LogP contribution in [0, 0.1) is 15.9 Å². The van der Waals surface area contributed by atoms with Gasteiger partial charge in [-0.25, -0.2) is 9.18 Å². The summed E-state index contributed by atoms with van der Waals surface area (Å²) in [7, 11) is 0. The van der Waals surface area contributed by atoms with Crippen molar-refractivity contribution < 1.29 is 28.3 Å². The highest BCUT2D eigenvalue weighted by molar-refractivity contribution is 5.91. The van der Waals surface area contributed by atoms with Gasteiger partial charge in [0.05, 0.1) is 23.7 Å². The number of rotatable bonds is 4. The summed E-state index contributed by atoms with van der Waals surface area (Å²) >= 11 is 0. The van der Waals surface area contributed by atoms with E-state index >= 15 is 0 Å². The molecule has 0 radical (unpaired) electrons. The molecule has 0 bridgehead atoms. The number of carbonyl (C=O) groups is 1. The molecule has 7 nitrogen and oxygen atoms in total. The molecule has 1 saturated heterocycles. The van der Waals surface area contributed by atoms with Crippen LogP contribution in [-0.2, 0) is 9.47 Å². The number of benzene rings is 2. The lowest BCUT2D eigenvalue weighted by Crippen LogP contribution is -2.18. The Bertz CT molecular complexity index is 786. The van der Waals surface area contributed by atoms with Gasteiger partial charge in [0.2, 0.25) is 5.75 Å². The Morgan fingerprint density at radius 1 is 1.16 bits per heavy atom. The second-order valence-electron chi connectivity index (χ2n) is 5.31. The summed E-state index contributed by atoms with van der Waals surface area (Å²) in [6, 6.07) is 8.79. The van der Waals surface area contributed by atoms with Crippen LogP contribution in [0.25, 0.3) is 0 Å². The zero-order valence-corrected chi connectivity index (χ0v) is 13.0. The summed E-state index contributed by atoms with van der Waals surface area (Å²) < 4.78 is 28.8. The molecular formula is C17H14FNO6. The standard InChI is InChI=1S/C17H14FNO6/c18-13-5-2-11(3-6-13)16(20)25-15-7-4-12(10-14(15)19(21)22)17-23-8-1-9-24-17/h2-7,10,17H,1,8-9H2. The van der Waals surface area contributed by atoms with E-state index in [0.717, 1.165) is 18.6 Å². The normalized spacial score (nSPS) is 14.9. The van der Waals surface area contributed by atoms with Crippen molar-refractivity contribution in [1.82, 2.24) is 0 Å².